The van der Waals surface area contributed by atoms with E-state index in [9.17, 15) is 0 Å². The van der Waals surface area contributed by atoms with Crippen LogP contribution < -0.4 is 24.8 Å². The monoisotopic (exact) mass is 478 g/mol. The molecule has 0 aromatic heterocycles. The van der Waals surface area contributed by atoms with Crippen molar-refractivity contribution < 1.29 is 33.8 Å². The second-order valence-corrected chi connectivity index (χ2v) is 9.53. The largest absolute Gasteiger partial charge is 1.00 e. The Balaban J connectivity index is 0. The van der Waals surface area contributed by atoms with Crippen LogP contribution in [0.2, 0.25) is 0 Å². The minimum Gasteiger partial charge on any atom is -1.00 e. The molecule has 0 unspecified atom stereocenters. The minimum absolute atomic E-state index is 0. The van der Waals surface area contributed by atoms with Crippen molar-refractivity contribution in [2.24, 2.45) is 0 Å². The van der Waals surface area contributed by atoms with Crippen LogP contribution >= 0.6 is 0 Å². The molecule has 32 heavy (non-hydrogen) atoms. The predicted molar refractivity (Wildman–Crippen MR) is 135 cm³/mol. The molecule has 0 aliphatic rings. The molecular weight excluding hydrogens is 435 g/mol. The molecule has 0 fully saturated rings. The third-order valence-electron chi connectivity index (χ3n) is 5.31. The van der Waals surface area contributed by atoms with Gasteiger partial charge in [0.15, 0.2) is 0 Å². The summed E-state index contributed by atoms with van der Waals surface area (Å²) in [5.41, 5.74) is 5.19. The topological polar surface area (TPSA) is 0 Å². The highest BCUT2D eigenvalue weighted by molar-refractivity contribution is 5.47. The van der Waals surface area contributed by atoms with Gasteiger partial charge in [-0.25, -0.2) is 0 Å². The average Bonchev–Trinajstić information content (AvgIpc) is 2.69. The van der Waals surface area contributed by atoms with Crippen LogP contribution in [0.5, 0.6) is 0 Å². The van der Waals surface area contributed by atoms with E-state index in [1.165, 1.54) is 48.2 Å². The summed E-state index contributed by atoms with van der Waals surface area (Å²) < 4.78 is 2.12. The summed E-state index contributed by atoms with van der Waals surface area (Å²) in [6.45, 7) is 16.7. The molecule has 4 heteroatoms. The zero-order chi connectivity index (χ0) is 22.6. The van der Waals surface area contributed by atoms with E-state index in [0.717, 1.165) is 22.1 Å². The van der Waals surface area contributed by atoms with Crippen molar-refractivity contribution in [2.45, 2.75) is 39.8 Å². The first kappa shape index (κ1) is 32.6. The molecule has 0 bridgehead atoms. The molecule has 0 saturated heterocycles. The Bertz CT molecular complexity index is 696. The van der Waals surface area contributed by atoms with Crippen LogP contribution in [0.15, 0.2) is 61.7 Å². The van der Waals surface area contributed by atoms with Gasteiger partial charge < -0.3 is 33.8 Å². The third kappa shape index (κ3) is 13.1. The van der Waals surface area contributed by atoms with Gasteiger partial charge in [0.05, 0.1) is 41.3 Å². The zero-order valence-corrected chi connectivity index (χ0v) is 22.6. The maximum atomic E-state index is 3.76. The maximum Gasteiger partial charge on any atom is 0.104 e. The second kappa shape index (κ2) is 16.1. The van der Waals surface area contributed by atoms with E-state index < -0.39 is 0 Å². The highest BCUT2D eigenvalue weighted by Crippen LogP contribution is 2.13. The van der Waals surface area contributed by atoms with Gasteiger partial charge in [-0.15, -0.1) is 0 Å². The number of nitrogens with zero attached hydrogens (tertiary/aromatic N) is 2. The van der Waals surface area contributed by atoms with Crippen molar-refractivity contribution in [1.29, 1.82) is 0 Å². The Morgan fingerprint density at radius 2 is 0.875 bits per heavy atom. The Kier molecular flexibility index (Phi) is 16.4. The molecule has 0 atom stereocenters. The van der Waals surface area contributed by atoms with E-state index >= 15 is 0 Å². The van der Waals surface area contributed by atoms with Crippen molar-refractivity contribution in [1.82, 2.24) is 0 Å². The predicted octanol–water partition coefficient (Wildman–Crippen LogP) is 0.640. The smallest absolute Gasteiger partial charge is 0.104 e. The molecule has 0 radical (unpaired) electrons. The molecule has 0 heterocycles. The molecule has 0 aliphatic carbocycles. The lowest BCUT2D eigenvalue weighted by atomic mass is 10.1. The quantitative estimate of drug-likeness (QED) is 0.439. The van der Waals surface area contributed by atoms with E-state index in [-0.39, 0.29) is 24.8 Å². The molecule has 0 N–H and O–H groups in total. The van der Waals surface area contributed by atoms with Crippen LogP contribution in [0, 0.1) is 0 Å². The summed E-state index contributed by atoms with van der Waals surface area (Å²) in [4.78, 5) is 0. The van der Waals surface area contributed by atoms with E-state index in [0.29, 0.717) is 0 Å². The molecule has 2 nitrogen and oxygen atoms in total. The van der Waals surface area contributed by atoms with Gasteiger partial charge in [0.25, 0.3) is 0 Å². The molecule has 2 aromatic carbocycles. The number of benzene rings is 2. The van der Waals surface area contributed by atoms with Crippen LogP contribution in [0.4, 0.5) is 0 Å². The molecular formula is C28H44Cl2N2. The highest BCUT2D eigenvalue weighted by atomic mass is 35.5. The average molecular weight is 480 g/mol. The standard InChI is InChI=1S/2C14H22N.2ClH/c2*1-5-11-15(3,4)12-14-9-7-13(6-2)8-10-14;;/h2*6-10H,2,5,11-12H2,1,3-4H3;2*1H/q2*+1;;/p-2. The minimum atomic E-state index is 0. The summed E-state index contributed by atoms with van der Waals surface area (Å²) in [6, 6.07) is 17.3. The molecule has 2 aromatic rings. The Labute approximate surface area is 210 Å². The fraction of sp³-hybridized carbons (Fsp3) is 0.429. The number of halogens is 2. The normalized spacial score (nSPS) is 10.7. The molecule has 0 aliphatic heterocycles. The molecule has 0 amide bonds. The summed E-state index contributed by atoms with van der Waals surface area (Å²) in [5, 5.41) is 0. The van der Waals surface area contributed by atoms with Crippen molar-refractivity contribution in [3.63, 3.8) is 0 Å². The van der Waals surface area contributed by atoms with Gasteiger partial charge in [0.1, 0.15) is 13.1 Å². The first-order valence-corrected chi connectivity index (χ1v) is 11.2. The van der Waals surface area contributed by atoms with Crippen LogP contribution in [-0.2, 0) is 13.1 Å². The van der Waals surface area contributed by atoms with Crippen LogP contribution in [-0.4, -0.2) is 50.2 Å². The van der Waals surface area contributed by atoms with E-state index in [1.54, 1.807) is 0 Å². The highest BCUT2D eigenvalue weighted by Gasteiger charge is 2.14. The van der Waals surface area contributed by atoms with E-state index in [1.807, 2.05) is 12.2 Å². The lowest BCUT2D eigenvalue weighted by molar-refractivity contribution is -0.903. The van der Waals surface area contributed by atoms with E-state index in [4.69, 9.17) is 0 Å². The number of rotatable bonds is 10. The van der Waals surface area contributed by atoms with Gasteiger partial charge >= 0.3 is 0 Å². The molecule has 0 saturated carbocycles. The van der Waals surface area contributed by atoms with Crippen LogP contribution in [0.25, 0.3) is 12.2 Å². The fourth-order valence-corrected chi connectivity index (χ4v) is 3.88. The van der Waals surface area contributed by atoms with Gasteiger partial charge in [0, 0.05) is 11.1 Å². The van der Waals surface area contributed by atoms with Gasteiger partial charge in [-0.2, -0.15) is 0 Å². The molecule has 0 spiro atoms. The lowest BCUT2D eigenvalue weighted by Crippen LogP contribution is -3.00. The number of hydrogen-bond donors (Lipinski definition) is 0. The fourth-order valence-electron chi connectivity index (χ4n) is 3.88. The second-order valence-electron chi connectivity index (χ2n) is 9.53. The first-order chi connectivity index (χ1) is 14.1. The van der Waals surface area contributed by atoms with Gasteiger partial charge in [-0.1, -0.05) is 87.7 Å². The van der Waals surface area contributed by atoms with Crippen molar-refractivity contribution >= 4 is 12.2 Å². The van der Waals surface area contributed by atoms with Crippen molar-refractivity contribution in [3.05, 3.63) is 83.9 Å². The summed E-state index contributed by atoms with van der Waals surface area (Å²) in [6.07, 6.45) is 6.24. The van der Waals surface area contributed by atoms with E-state index in [2.05, 4.69) is 104 Å². The van der Waals surface area contributed by atoms with Crippen molar-refractivity contribution in [3.8, 4) is 0 Å². The summed E-state index contributed by atoms with van der Waals surface area (Å²) >= 11 is 0. The Morgan fingerprint density at radius 3 is 1.09 bits per heavy atom. The number of hydrogen-bond acceptors (Lipinski definition) is 0. The zero-order valence-electron chi connectivity index (χ0n) is 21.1. The van der Waals surface area contributed by atoms with Crippen LogP contribution in [0.3, 0.4) is 0 Å². The van der Waals surface area contributed by atoms with Gasteiger partial charge in [0.2, 0.25) is 0 Å². The van der Waals surface area contributed by atoms with Crippen molar-refractivity contribution in [2.75, 3.05) is 41.3 Å². The summed E-state index contributed by atoms with van der Waals surface area (Å²) in [5.74, 6) is 0. The summed E-state index contributed by atoms with van der Waals surface area (Å²) in [7, 11) is 9.13. The third-order valence-corrected chi connectivity index (χ3v) is 5.31. The Hall–Kier alpha value is -1.58. The number of quaternary nitrogens is 2. The van der Waals surface area contributed by atoms with Gasteiger partial charge in [-0.3, -0.25) is 0 Å². The first-order valence-electron chi connectivity index (χ1n) is 11.2. The Morgan fingerprint density at radius 1 is 0.594 bits per heavy atom. The maximum absolute atomic E-state index is 3.76. The molecule has 2 rings (SSSR count). The molecule has 180 valence electrons. The van der Waals surface area contributed by atoms with Gasteiger partial charge in [-0.05, 0) is 24.0 Å². The van der Waals surface area contributed by atoms with Crippen LogP contribution in [0.1, 0.15) is 48.9 Å². The SMILES string of the molecule is C=Cc1ccc(C[N+](C)(C)CCC)cc1.C=Cc1ccc(C[N+](C)(C)CCC)cc1.[Cl-].[Cl-]. The lowest BCUT2D eigenvalue weighted by Gasteiger charge is -2.29.